The molecule has 1 aliphatic carbocycles. The molecule has 0 fully saturated rings. The number of hydrogen-bond donors (Lipinski definition) is 2. The number of benzene rings is 2. The van der Waals surface area contributed by atoms with Gasteiger partial charge in [0.1, 0.15) is 12.4 Å². The van der Waals surface area contributed by atoms with Gasteiger partial charge in [-0.05, 0) is 24.6 Å². The van der Waals surface area contributed by atoms with E-state index in [1.165, 1.54) is 0 Å². The molecule has 0 amide bonds. The third-order valence-electron chi connectivity index (χ3n) is 4.43. The topological polar surface area (TPSA) is 66.8 Å². The third-order valence-corrected chi connectivity index (χ3v) is 4.43. The first-order valence-corrected chi connectivity index (χ1v) is 8.58. The van der Waals surface area contributed by atoms with Gasteiger partial charge in [0.25, 0.3) is 0 Å². The van der Waals surface area contributed by atoms with E-state index in [4.69, 9.17) is 9.84 Å². The molecule has 0 heterocycles. The summed E-state index contributed by atoms with van der Waals surface area (Å²) in [7, 11) is 0. The van der Waals surface area contributed by atoms with E-state index in [2.05, 4.69) is 0 Å². The number of hydrogen-bond acceptors (Lipinski definition) is 4. The molecule has 2 aromatic carbocycles. The molecule has 2 aromatic rings. The minimum Gasteiger partial charge on any atom is -0.491 e. The molecule has 26 heavy (non-hydrogen) atoms. The molecule has 0 saturated carbocycles. The van der Waals surface area contributed by atoms with Gasteiger partial charge in [0.2, 0.25) is 0 Å². The van der Waals surface area contributed by atoms with Crippen LogP contribution in [0.25, 0.3) is 5.57 Å². The van der Waals surface area contributed by atoms with E-state index in [-0.39, 0.29) is 19.0 Å². The van der Waals surface area contributed by atoms with Gasteiger partial charge in [-0.3, -0.25) is 4.79 Å². The Morgan fingerprint density at radius 1 is 1.12 bits per heavy atom. The van der Waals surface area contributed by atoms with Gasteiger partial charge < -0.3 is 14.9 Å². The van der Waals surface area contributed by atoms with Crippen molar-refractivity contribution in [3.63, 3.8) is 0 Å². The van der Waals surface area contributed by atoms with E-state index >= 15 is 0 Å². The van der Waals surface area contributed by atoms with Crippen molar-refractivity contribution in [2.75, 3.05) is 13.2 Å². The van der Waals surface area contributed by atoms with E-state index in [9.17, 15) is 9.90 Å². The van der Waals surface area contributed by atoms with Gasteiger partial charge in [-0.15, -0.1) is 0 Å². The van der Waals surface area contributed by atoms with E-state index in [1.54, 1.807) is 31.2 Å². The summed E-state index contributed by atoms with van der Waals surface area (Å²) >= 11 is 0. The number of rotatable bonds is 6. The highest BCUT2D eigenvalue weighted by molar-refractivity contribution is 6.01. The van der Waals surface area contributed by atoms with Crippen LogP contribution in [-0.2, 0) is 0 Å². The predicted molar refractivity (Wildman–Crippen MR) is 101 cm³/mol. The van der Waals surface area contributed by atoms with Gasteiger partial charge in [0, 0.05) is 11.1 Å². The Morgan fingerprint density at radius 3 is 2.50 bits per heavy atom. The SMILES string of the molecule is CC1(O)C=C(c2ccccc2OCCO)C=CC1C(=O)c1ccccc1. The summed E-state index contributed by atoms with van der Waals surface area (Å²) in [6.45, 7) is 1.76. The van der Waals surface area contributed by atoms with Crippen LogP contribution in [0.5, 0.6) is 5.75 Å². The van der Waals surface area contributed by atoms with Crippen molar-refractivity contribution < 1.29 is 19.7 Å². The summed E-state index contributed by atoms with van der Waals surface area (Å²) in [5.41, 5.74) is 0.843. The molecule has 2 unspecified atom stereocenters. The van der Waals surface area contributed by atoms with Gasteiger partial charge in [-0.1, -0.05) is 60.7 Å². The molecule has 3 rings (SSSR count). The lowest BCUT2D eigenvalue weighted by Crippen LogP contribution is -2.38. The first-order chi connectivity index (χ1) is 12.5. The van der Waals surface area contributed by atoms with Crippen molar-refractivity contribution in [1.82, 2.24) is 0 Å². The summed E-state index contributed by atoms with van der Waals surface area (Å²) in [6.07, 6.45) is 5.28. The Hall–Kier alpha value is -2.69. The molecule has 4 heteroatoms. The molecule has 2 N–H and O–H groups in total. The van der Waals surface area contributed by atoms with Crippen LogP contribution in [0.3, 0.4) is 0 Å². The van der Waals surface area contributed by atoms with Crippen molar-refractivity contribution in [2.24, 2.45) is 5.92 Å². The molecular formula is C22H22O4. The molecule has 0 spiro atoms. The van der Waals surface area contributed by atoms with Crippen molar-refractivity contribution in [1.29, 1.82) is 0 Å². The molecule has 4 nitrogen and oxygen atoms in total. The smallest absolute Gasteiger partial charge is 0.172 e. The highest BCUT2D eigenvalue weighted by Crippen LogP contribution is 2.36. The van der Waals surface area contributed by atoms with E-state index in [0.717, 1.165) is 11.1 Å². The molecule has 0 aliphatic heterocycles. The monoisotopic (exact) mass is 350 g/mol. The maximum atomic E-state index is 12.8. The highest BCUT2D eigenvalue weighted by Gasteiger charge is 2.36. The largest absolute Gasteiger partial charge is 0.491 e. The van der Waals surface area contributed by atoms with Crippen molar-refractivity contribution >= 4 is 11.4 Å². The zero-order valence-electron chi connectivity index (χ0n) is 14.6. The number of carbonyl (C=O) groups excluding carboxylic acids is 1. The second-order valence-electron chi connectivity index (χ2n) is 6.46. The van der Waals surface area contributed by atoms with Gasteiger partial charge in [-0.2, -0.15) is 0 Å². The maximum Gasteiger partial charge on any atom is 0.172 e. The summed E-state index contributed by atoms with van der Waals surface area (Å²) in [4.78, 5) is 12.8. The van der Waals surface area contributed by atoms with Gasteiger partial charge in [0.15, 0.2) is 5.78 Å². The van der Waals surface area contributed by atoms with Crippen LogP contribution in [0.1, 0.15) is 22.8 Å². The number of aliphatic hydroxyl groups excluding tert-OH is 1. The number of ketones is 1. The number of para-hydroxylation sites is 1. The third kappa shape index (κ3) is 3.77. The Balaban J connectivity index is 1.90. The van der Waals surface area contributed by atoms with Crippen LogP contribution in [0, 0.1) is 5.92 Å². The lowest BCUT2D eigenvalue weighted by molar-refractivity contribution is 0.0526. The molecule has 134 valence electrons. The van der Waals surface area contributed by atoms with Crippen LogP contribution in [0.2, 0.25) is 0 Å². The standard InChI is InChI=1S/C22H22O4/c1-22(25)15-17(18-9-5-6-10-20(18)26-14-13-23)11-12-19(22)21(24)16-7-3-2-4-8-16/h2-12,15,19,23,25H,13-14H2,1H3. The van der Waals surface area contributed by atoms with E-state index < -0.39 is 11.5 Å². The molecule has 0 aromatic heterocycles. The molecular weight excluding hydrogens is 328 g/mol. The zero-order valence-corrected chi connectivity index (χ0v) is 14.6. The maximum absolute atomic E-state index is 12.8. The Bertz CT molecular complexity index is 834. The average Bonchev–Trinajstić information content (AvgIpc) is 2.66. The Morgan fingerprint density at radius 2 is 1.81 bits per heavy atom. The normalized spacial score (nSPS) is 22.0. The second-order valence-corrected chi connectivity index (χ2v) is 6.46. The fourth-order valence-electron chi connectivity index (χ4n) is 3.14. The molecule has 0 radical (unpaired) electrons. The minimum absolute atomic E-state index is 0.0748. The lowest BCUT2D eigenvalue weighted by Gasteiger charge is -2.31. The summed E-state index contributed by atoms with van der Waals surface area (Å²) < 4.78 is 5.58. The molecule has 2 atom stereocenters. The van der Waals surface area contributed by atoms with E-state index in [1.807, 2.05) is 48.5 Å². The predicted octanol–water partition coefficient (Wildman–Crippen LogP) is 3.26. The first kappa shape index (κ1) is 18.1. The van der Waals surface area contributed by atoms with Crippen molar-refractivity contribution in [3.05, 3.63) is 84.0 Å². The molecule has 0 saturated heterocycles. The van der Waals surface area contributed by atoms with E-state index in [0.29, 0.717) is 11.3 Å². The van der Waals surface area contributed by atoms with Gasteiger partial charge >= 0.3 is 0 Å². The average molecular weight is 350 g/mol. The van der Waals surface area contributed by atoms with Gasteiger partial charge in [-0.25, -0.2) is 0 Å². The van der Waals surface area contributed by atoms with Crippen LogP contribution < -0.4 is 4.74 Å². The number of allylic oxidation sites excluding steroid dienone is 2. The van der Waals surface area contributed by atoms with Crippen LogP contribution >= 0.6 is 0 Å². The fraction of sp³-hybridized carbons (Fsp3) is 0.227. The van der Waals surface area contributed by atoms with Gasteiger partial charge in [0.05, 0.1) is 18.1 Å². The highest BCUT2D eigenvalue weighted by atomic mass is 16.5. The summed E-state index contributed by atoms with van der Waals surface area (Å²) in [5.74, 6) is -0.146. The van der Waals surface area contributed by atoms with Crippen molar-refractivity contribution in [3.8, 4) is 5.75 Å². The number of Topliss-reactive ketones (excluding diaryl/α,β-unsaturated/α-hetero) is 1. The second kappa shape index (κ2) is 7.68. The Kier molecular flexibility index (Phi) is 5.35. The zero-order chi connectivity index (χ0) is 18.6. The lowest BCUT2D eigenvalue weighted by atomic mass is 9.77. The first-order valence-electron chi connectivity index (χ1n) is 8.58. The summed E-state index contributed by atoms with van der Waals surface area (Å²) in [6, 6.07) is 16.4. The van der Waals surface area contributed by atoms with Crippen LogP contribution in [0.15, 0.2) is 72.8 Å². The van der Waals surface area contributed by atoms with Crippen molar-refractivity contribution in [2.45, 2.75) is 12.5 Å². The minimum atomic E-state index is -1.32. The molecule has 0 bridgehead atoms. The number of aliphatic hydroxyl groups is 2. The molecule has 1 aliphatic rings. The quantitative estimate of drug-likeness (QED) is 0.785. The van der Waals surface area contributed by atoms with Crippen LogP contribution in [0.4, 0.5) is 0 Å². The van der Waals surface area contributed by atoms with Crippen LogP contribution in [-0.4, -0.2) is 34.8 Å². The number of ether oxygens (including phenoxy) is 1. The number of carbonyl (C=O) groups is 1. The Labute approximate surface area is 153 Å². The summed E-state index contributed by atoms with van der Waals surface area (Å²) in [5, 5.41) is 19.9. The fourth-order valence-corrected chi connectivity index (χ4v) is 3.14.